The molecule has 0 aliphatic carbocycles. The van der Waals surface area contributed by atoms with E-state index in [-0.39, 0.29) is 18.7 Å². The Hall–Kier alpha value is -3.89. The van der Waals surface area contributed by atoms with Gasteiger partial charge in [-0.25, -0.2) is 4.79 Å². The summed E-state index contributed by atoms with van der Waals surface area (Å²) in [5, 5.41) is 3.47. The summed E-state index contributed by atoms with van der Waals surface area (Å²) in [7, 11) is 1.32. The summed E-state index contributed by atoms with van der Waals surface area (Å²) in [5.74, 6) is -0.790. The molecule has 5 heteroatoms. The molecule has 1 N–H and O–H groups in total. The van der Waals surface area contributed by atoms with E-state index in [9.17, 15) is 9.59 Å². The van der Waals surface area contributed by atoms with E-state index in [1.807, 2.05) is 109 Å². The zero-order chi connectivity index (χ0) is 25.4. The molecule has 0 fully saturated rings. The average molecular weight is 498 g/mol. The fraction of sp³-hybridized carbons (Fsp3) is 0.161. The van der Waals surface area contributed by atoms with E-state index in [0.29, 0.717) is 5.02 Å². The Balaban J connectivity index is 1.74. The number of nitrogens with one attached hydrogen (secondary N) is 1. The Morgan fingerprint density at radius 2 is 1.19 bits per heavy atom. The molecule has 4 aromatic carbocycles. The maximum absolute atomic E-state index is 13.7. The van der Waals surface area contributed by atoms with Gasteiger partial charge in [0, 0.05) is 17.9 Å². The number of amides is 1. The Morgan fingerprint density at radius 1 is 0.750 bits per heavy atom. The van der Waals surface area contributed by atoms with Gasteiger partial charge in [-0.2, -0.15) is 0 Å². The maximum Gasteiger partial charge on any atom is 0.328 e. The molecule has 1 atom stereocenters. The van der Waals surface area contributed by atoms with Gasteiger partial charge < -0.3 is 10.1 Å². The number of halogens is 1. The molecule has 4 nitrogen and oxygen atoms in total. The third kappa shape index (κ3) is 5.50. The highest BCUT2D eigenvalue weighted by Crippen LogP contribution is 2.42. The minimum absolute atomic E-state index is 0.0983. The van der Waals surface area contributed by atoms with Crippen molar-refractivity contribution >= 4 is 23.5 Å². The minimum atomic E-state index is -0.873. The van der Waals surface area contributed by atoms with Crippen LogP contribution >= 0.6 is 11.6 Å². The van der Waals surface area contributed by atoms with Crippen molar-refractivity contribution in [3.63, 3.8) is 0 Å². The zero-order valence-electron chi connectivity index (χ0n) is 20.1. The van der Waals surface area contributed by atoms with Crippen LogP contribution in [0.1, 0.15) is 28.7 Å². The van der Waals surface area contributed by atoms with Crippen LogP contribution < -0.4 is 5.32 Å². The molecule has 4 rings (SSSR count). The summed E-state index contributed by atoms with van der Waals surface area (Å²) in [6, 6.07) is 36.4. The fourth-order valence-electron chi connectivity index (χ4n) is 4.68. The number of carbonyl (C=O) groups is 2. The van der Waals surface area contributed by atoms with Crippen LogP contribution in [-0.4, -0.2) is 25.0 Å². The van der Waals surface area contributed by atoms with Gasteiger partial charge in [0.2, 0.25) is 5.91 Å². The van der Waals surface area contributed by atoms with Crippen molar-refractivity contribution < 1.29 is 14.3 Å². The van der Waals surface area contributed by atoms with E-state index in [4.69, 9.17) is 16.3 Å². The Labute approximate surface area is 216 Å². The van der Waals surface area contributed by atoms with Crippen molar-refractivity contribution in [2.24, 2.45) is 0 Å². The standard InChI is InChI=1S/C31H28ClNO3/c1-36-30(35)28(21-23-13-11-12-20-27(23)32)33-29(34)22-31(24-14-5-2-6-15-24,25-16-7-3-8-17-25)26-18-9-4-10-19-26/h2-20,28H,21-22H2,1H3,(H,33,34)/t28-/m0/s1. The topological polar surface area (TPSA) is 55.4 Å². The number of esters is 1. The van der Waals surface area contributed by atoms with E-state index in [2.05, 4.69) is 5.32 Å². The normalized spacial score (nSPS) is 11.9. The highest BCUT2D eigenvalue weighted by atomic mass is 35.5. The molecule has 0 saturated carbocycles. The molecule has 1 amide bonds. The van der Waals surface area contributed by atoms with Crippen LogP contribution in [0.25, 0.3) is 0 Å². The zero-order valence-corrected chi connectivity index (χ0v) is 20.8. The first kappa shape index (κ1) is 25.2. The highest BCUT2D eigenvalue weighted by Gasteiger charge is 2.39. The third-order valence-corrected chi connectivity index (χ3v) is 6.80. The van der Waals surface area contributed by atoms with E-state index >= 15 is 0 Å². The number of carbonyl (C=O) groups excluding carboxylic acids is 2. The summed E-state index contributed by atoms with van der Waals surface area (Å²) in [5.41, 5.74) is 2.95. The molecular weight excluding hydrogens is 470 g/mol. The molecule has 4 aromatic rings. The quantitative estimate of drug-likeness (QED) is 0.229. The number of ether oxygens (including phenoxy) is 1. The van der Waals surface area contributed by atoms with Crippen LogP contribution in [0.5, 0.6) is 0 Å². The first-order valence-corrected chi connectivity index (χ1v) is 12.2. The molecule has 0 aromatic heterocycles. The second kappa shape index (κ2) is 11.7. The molecule has 0 heterocycles. The molecule has 0 bridgehead atoms. The first-order valence-electron chi connectivity index (χ1n) is 11.8. The third-order valence-electron chi connectivity index (χ3n) is 6.43. The van der Waals surface area contributed by atoms with Crippen LogP contribution in [0.4, 0.5) is 0 Å². The van der Waals surface area contributed by atoms with Crippen LogP contribution in [0.2, 0.25) is 5.02 Å². The highest BCUT2D eigenvalue weighted by molar-refractivity contribution is 6.31. The molecular formula is C31H28ClNO3. The van der Waals surface area contributed by atoms with Crippen molar-refractivity contribution in [1.82, 2.24) is 5.32 Å². The summed E-state index contributed by atoms with van der Waals surface area (Å²) in [6.45, 7) is 0. The fourth-order valence-corrected chi connectivity index (χ4v) is 4.89. The van der Waals surface area contributed by atoms with Gasteiger partial charge in [-0.15, -0.1) is 0 Å². The van der Waals surface area contributed by atoms with E-state index in [1.54, 1.807) is 6.07 Å². The molecule has 36 heavy (non-hydrogen) atoms. The van der Waals surface area contributed by atoms with Crippen molar-refractivity contribution in [2.45, 2.75) is 24.3 Å². The molecule has 0 aliphatic rings. The maximum atomic E-state index is 13.7. The van der Waals surface area contributed by atoms with Crippen molar-refractivity contribution in [1.29, 1.82) is 0 Å². The lowest BCUT2D eigenvalue weighted by Crippen LogP contribution is -2.46. The van der Waals surface area contributed by atoms with E-state index in [1.165, 1.54) is 7.11 Å². The lowest BCUT2D eigenvalue weighted by Gasteiger charge is -2.36. The lowest BCUT2D eigenvalue weighted by molar-refractivity contribution is -0.145. The predicted octanol–water partition coefficient (Wildman–Crippen LogP) is 5.97. The van der Waals surface area contributed by atoms with Crippen LogP contribution in [0.15, 0.2) is 115 Å². The minimum Gasteiger partial charge on any atom is -0.467 e. The SMILES string of the molecule is COC(=O)[C@H](Cc1ccccc1Cl)NC(=O)CC(c1ccccc1)(c1ccccc1)c1ccccc1. The summed E-state index contributed by atoms with van der Waals surface area (Å²) >= 11 is 6.33. The number of benzene rings is 4. The van der Waals surface area contributed by atoms with Crippen LogP contribution in [0.3, 0.4) is 0 Å². The molecule has 0 aliphatic heterocycles. The molecule has 0 radical (unpaired) electrons. The van der Waals surface area contributed by atoms with E-state index in [0.717, 1.165) is 22.3 Å². The second-order valence-corrected chi connectivity index (χ2v) is 9.03. The van der Waals surface area contributed by atoms with Gasteiger partial charge >= 0.3 is 5.97 Å². The molecule has 0 unspecified atom stereocenters. The van der Waals surface area contributed by atoms with Crippen molar-refractivity contribution in [3.05, 3.63) is 143 Å². The lowest BCUT2D eigenvalue weighted by atomic mass is 9.67. The van der Waals surface area contributed by atoms with Gasteiger partial charge in [-0.3, -0.25) is 4.79 Å². The monoisotopic (exact) mass is 497 g/mol. The Bertz CT molecular complexity index is 1200. The van der Waals surface area contributed by atoms with Gasteiger partial charge in [0.15, 0.2) is 0 Å². The van der Waals surface area contributed by atoms with Crippen LogP contribution in [0, 0.1) is 0 Å². The van der Waals surface area contributed by atoms with Gasteiger partial charge in [0.25, 0.3) is 0 Å². The smallest absolute Gasteiger partial charge is 0.328 e. The Morgan fingerprint density at radius 3 is 1.64 bits per heavy atom. The average Bonchev–Trinajstić information content (AvgIpc) is 2.93. The van der Waals surface area contributed by atoms with Gasteiger partial charge in [0.1, 0.15) is 6.04 Å². The molecule has 0 spiro atoms. The number of hydrogen-bond donors (Lipinski definition) is 1. The summed E-state index contributed by atoms with van der Waals surface area (Å²) < 4.78 is 5.01. The van der Waals surface area contributed by atoms with Crippen LogP contribution in [-0.2, 0) is 26.2 Å². The number of methoxy groups -OCH3 is 1. The van der Waals surface area contributed by atoms with Crippen molar-refractivity contribution in [2.75, 3.05) is 7.11 Å². The van der Waals surface area contributed by atoms with Gasteiger partial charge in [-0.05, 0) is 28.3 Å². The van der Waals surface area contributed by atoms with Crippen molar-refractivity contribution in [3.8, 4) is 0 Å². The summed E-state index contributed by atoms with van der Waals surface area (Å²) in [6.07, 6.45) is 0.328. The van der Waals surface area contributed by atoms with E-state index < -0.39 is 17.4 Å². The number of hydrogen-bond acceptors (Lipinski definition) is 3. The van der Waals surface area contributed by atoms with Gasteiger partial charge in [-0.1, -0.05) is 121 Å². The predicted molar refractivity (Wildman–Crippen MR) is 143 cm³/mol. The Kier molecular flexibility index (Phi) is 8.19. The van der Waals surface area contributed by atoms with Gasteiger partial charge in [0.05, 0.1) is 12.5 Å². The number of rotatable bonds is 9. The second-order valence-electron chi connectivity index (χ2n) is 8.62. The largest absolute Gasteiger partial charge is 0.467 e. The molecule has 182 valence electrons. The first-order chi connectivity index (χ1) is 17.5. The summed E-state index contributed by atoms with van der Waals surface area (Å²) in [4.78, 5) is 26.4. The molecule has 0 saturated heterocycles.